The maximum Gasteiger partial charge on any atom is 0.352 e. The van der Waals surface area contributed by atoms with Gasteiger partial charge in [0.05, 0.1) is 28.4 Å². The number of carboxylic acids is 1. The lowest BCUT2D eigenvalue weighted by Gasteiger charge is -2.15. The monoisotopic (exact) mass is 383 g/mol. The van der Waals surface area contributed by atoms with Crippen LogP contribution in [0.4, 0.5) is 0 Å². The fourth-order valence-corrected chi connectivity index (χ4v) is 3.12. The average molecular weight is 383 g/mol. The Morgan fingerprint density at radius 1 is 0.857 bits per heavy atom. The number of ether oxygens (including phenoxy) is 4. The summed E-state index contributed by atoms with van der Waals surface area (Å²) in [5.74, 6) is 0.966. The maximum atomic E-state index is 11.8. The maximum absolute atomic E-state index is 11.8. The standard InChI is InChI=1S/C21H21NO6/c1-25-14-7-5-12(6-8-14)15-11-22-19(21(23)24)18(15)13-9-16(26-2)20(28-4)17(10-13)27-3/h5-11,22H,1-4H3,(H,23,24). The summed E-state index contributed by atoms with van der Waals surface area (Å²) in [6, 6.07) is 10.8. The van der Waals surface area contributed by atoms with Crippen LogP contribution in [0.2, 0.25) is 0 Å². The Hall–Kier alpha value is -3.61. The summed E-state index contributed by atoms with van der Waals surface area (Å²) < 4.78 is 21.4. The molecule has 7 nitrogen and oxygen atoms in total. The van der Waals surface area contributed by atoms with Crippen LogP contribution >= 0.6 is 0 Å². The van der Waals surface area contributed by atoms with E-state index in [1.807, 2.05) is 24.3 Å². The molecule has 0 amide bonds. The Morgan fingerprint density at radius 2 is 1.46 bits per heavy atom. The molecule has 0 bridgehead atoms. The molecule has 0 aliphatic rings. The molecule has 0 saturated carbocycles. The second-order valence-electron chi connectivity index (χ2n) is 5.90. The van der Waals surface area contributed by atoms with Gasteiger partial charge in [-0.15, -0.1) is 0 Å². The summed E-state index contributed by atoms with van der Waals surface area (Å²) in [4.78, 5) is 14.7. The van der Waals surface area contributed by atoms with Crippen molar-refractivity contribution in [2.75, 3.05) is 28.4 Å². The van der Waals surface area contributed by atoms with Gasteiger partial charge in [0.1, 0.15) is 11.4 Å². The topological polar surface area (TPSA) is 90.0 Å². The first-order valence-electron chi connectivity index (χ1n) is 8.43. The number of aromatic amines is 1. The van der Waals surface area contributed by atoms with Crippen molar-refractivity contribution < 1.29 is 28.8 Å². The van der Waals surface area contributed by atoms with Crippen molar-refractivity contribution in [1.29, 1.82) is 0 Å². The smallest absolute Gasteiger partial charge is 0.352 e. The highest BCUT2D eigenvalue weighted by Gasteiger charge is 2.23. The van der Waals surface area contributed by atoms with Crippen LogP contribution in [0.1, 0.15) is 10.5 Å². The zero-order valence-electron chi connectivity index (χ0n) is 16.0. The van der Waals surface area contributed by atoms with E-state index in [1.165, 1.54) is 21.3 Å². The number of H-pyrrole nitrogens is 1. The second kappa shape index (κ2) is 7.96. The predicted octanol–water partition coefficient (Wildman–Crippen LogP) is 4.08. The van der Waals surface area contributed by atoms with Crippen molar-refractivity contribution in [3.8, 4) is 45.3 Å². The predicted molar refractivity (Wildman–Crippen MR) is 105 cm³/mol. The Morgan fingerprint density at radius 3 is 1.93 bits per heavy atom. The summed E-state index contributed by atoms with van der Waals surface area (Å²) in [5, 5.41) is 9.68. The lowest BCUT2D eigenvalue weighted by atomic mass is 9.96. The molecule has 0 aliphatic carbocycles. The Bertz CT molecular complexity index is 966. The van der Waals surface area contributed by atoms with E-state index in [-0.39, 0.29) is 5.69 Å². The third-order valence-corrected chi connectivity index (χ3v) is 4.45. The number of carboxylic acid groups (broad SMARTS) is 1. The zero-order valence-corrected chi connectivity index (χ0v) is 16.0. The van der Waals surface area contributed by atoms with Crippen molar-refractivity contribution in [1.82, 2.24) is 4.98 Å². The van der Waals surface area contributed by atoms with E-state index < -0.39 is 5.97 Å². The van der Waals surface area contributed by atoms with Crippen molar-refractivity contribution in [2.24, 2.45) is 0 Å². The van der Waals surface area contributed by atoms with Gasteiger partial charge in [-0.2, -0.15) is 0 Å². The Kier molecular flexibility index (Phi) is 5.44. The van der Waals surface area contributed by atoms with Gasteiger partial charge in [0.2, 0.25) is 5.75 Å². The minimum atomic E-state index is -1.07. The number of aromatic nitrogens is 1. The van der Waals surface area contributed by atoms with Crippen molar-refractivity contribution >= 4 is 5.97 Å². The Labute approximate surface area is 162 Å². The number of carbonyl (C=O) groups is 1. The fourth-order valence-electron chi connectivity index (χ4n) is 3.12. The van der Waals surface area contributed by atoms with Gasteiger partial charge < -0.3 is 29.0 Å². The number of hydrogen-bond donors (Lipinski definition) is 2. The molecule has 1 aromatic heterocycles. The molecule has 0 fully saturated rings. The SMILES string of the molecule is COc1ccc(-c2c[nH]c(C(=O)O)c2-c2cc(OC)c(OC)c(OC)c2)cc1. The molecule has 2 N–H and O–H groups in total. The number of nitrogens with one attached hydrogen (secondary N) is 1. The van der Waals surface area contributed by atoms with Crippen LogP contribution in [0, 0.1) is 0 Å². The largest absolute Gasteiger partial charge is 0.497 e. The summed E-state index contributed by atoms with van der Waals surface area (Å²) >= 11 is 0. The van der Waals surface area contributed by atoms with Crippen LogP contribution in [0.15, 0.2) is 42.6 Å². The van der Waals surface area contributed by atoms with Crippen LogP contribution < -0.4 is 18.9 Å². The minimum Gasteiger partial charge on any atom is -0.497 e. The lowest BCUT2D eigenvalue weighted by molar-refractivity contribution is 0.0692. The molecule has 3 rings (SSSR count). The molecule has 28 heavy (non-hydrogen) atoms. The number of rotatable bonds is 7. The summed E-state index contributed by atoms with van der Waals surface area (Å²) in [6.07, 6.45) is 1.67. The highest BCUT2D eigenvalue weighted by atomic mass is 16.5. The number of methoxy groups -OCH3 is 4. The van der Waals surface area contributed by atoms with E-state index in [2.05, 4.69) is 4.98 Å². The molecule has 1 heterocycles. The quantitative estimate of drug-likeness (QED) is 0.639. The molecule has 2 aromatic carbocycles. The van der Waals surface area contributed by atoms with Crippen molar-refractivity contribution in [3.05, 3.63) is 48.3 Å². The minimum absolute atomic E-state index is 0.0695. The molecular weight excluding hydrogens is 362 g/mol. The van der Waals surface area contributed by atoms with E-state index in [0.717, 1.165) is 11.1 Å². The molecule has 0 radical (unpaired) electrons. The van der Waals surface area contributed by atoms with E-state index in [9.17, 15) is 9.90 Å². The van der Waals surface area contributed by atoms with E-state index >= 15 is 0 Å². The zero-order chi connectivity index (χ0) is 20.3. The van der Waals surface area contributed by atoms with Crippen LogP contribution in [-0.4, -0.2) is 44.5 Å². The number of benzene rings is 2. The van der Waals surface area contributed by atoms with Crippen LogP contribution in [0.25, 0.3) is 22.3 Å². The third-order valence-electron chi connectivity index (χ3n) is 4.45. The molecule has 7 heteroatoms. The number of aromatic carboxylic acids is 1. The van der Waals surface area contributed by atoms with Crippen LogP contribution in [0.5, 0.6) is 23.0 Å². The van der Waals surface area contributed by atoms with Crippen molar-refractivity contribution in [2.45, 2.75) is 0 Å². The molecule has 146 valence electrons. The molecule has 0 atom stereocenters. The molecule has 0 spiro atoms. The average Bonchev–Trinajstić information content (AvgIpc) is 3.18. The summed E-state index contributed by atoms with van der Waals surface area (Å²) in [6.45, 7) is 0. The molecule has 0 unspecified atom stereocenters. The van der Waals surface area contributed by atoms with Gasteiger partial charge in [-0.25, -0.2) is 4.79 Å². The van der Waals surface area contributed by atoms with Gasteiger partial charge in [-0.1, -0.05) is 12.1 Å². The van der Waals surface area contributed by atoms with Crippen LogP contribution in [-0.2, 0) is 0 Å². The van der Waals surface area contributed by atoms with Gasteiger partial charge in [0.25, 0.3) is 0 Å². The van der Waals surface area contributed by atoms with Crippen LogP contribution in [0.3, 0.4) is 0 Å². The molecule has 0 aliphatic heterocycles. The molecule has 0 saturated heterocycles. The fraction of sp³-hybridized carbons (Fsp3) is 0.190. The van der Waals surface area contributed by atoms with Gasteiger partial charge in [-0.3, -0.25) is 0 Å². The highest BCUT2D eigenvalue weighted by molar-refractivity contribution is 6.00. The summed E-state index contributed by atoms with van der Waals surface area (Å²) in [5.41, 5.74) is 2.79. The van der Waals surface area contributed by atoms with Gasteiger partial charge in [-0.05, 0) is 35.4 Å². The first-order chi connectivity index (χ1) is 13.5. The second-order valence-corrected chi connectivity index (χ2v) is 5.90. The Balaban J connectivity index is 2.25. The first kappa shape index (κ1) is 19.2. The van der Waals surface area contributed by atoms with E-state index in [0.29, 0.717) is 34.1 Å². The summed E-state index contributed by atoms with van der Waals surface area (Å²) in [7, 11) is 6.14. The highest BCUT2D eigenvalue weighted by Crippen LogP contribution is 2.44. The lowest BCUT2D eigenvalue weighted by Crippen LogP contribution is -2.00. The van der Waals surface area contributed by atoms with Gasteiger partial charge in [0.15, 0.2) is 11.5 Å². The van der Waals surface area contributed by atoms with Crippen molar-refractivity contribution in [3.63, 3.8) is 0 Å². The van der Waals surface area contributed by atoms with E-state index in [1.54, 1.807) is 25.4 Å². The molecule has 3 aromatic rings. The number of hydrogen-bond acceptors (Lipinski definition) is 5. The third kappa shape index (κ3) is 3.34. The van der Waals surface area contributed by atoms with Gasteiger partial charge in [0, 0.05) is 17.3 Å². The van der Waals surface area contributed by atoms with Gasteiger partial charge >= 0.3 is 5.97 Å². The van der Waals surface area contributed by atoms with E-state index in [4.69, 9.17) is 18.9 Å². The normalized spacial score (nSPS) is 10.4. The molecular formula is C21H21NO6. The first-order valence-corrected chi connectivity index (χ1v) is 8.43.